The molecule has 0 bridgehead atoms. The minimum absolute atomic E-state index is 0.179. The van der Waals surface area contributed by atoms with Crippen molar-refractivity contribution in [2.75, 3.05) is 6.61 Å². The van der Waals surface area contributed by atoms with E-state index >= 15 is 0 Å². The van der Waals surface area contributed by atoms with E-state index in [1.807, 2.05) is 13.8 Å². The summed E-state index contributed by atoms with van der Waals surface area (Å²) in [6, 6.07) is 4.66. The number of aromatic nitrogens is 3. The molecule has 2 rings (SSSR count). The summed E-state index contributed by atoms with van der Waals surface area (Å²) in [4.78, 5) is 0. The Morgan fingerprint density at radius 1 is 1.42 bits per heavy atom. The molecule has 19 heavy (non-hydrogen) atoms. The van der Waals surface area contributed by atoms with Crippen LogP contribution in [0.4, 0.5) is 4.39 Å². The van der Waals surface area contributed by atoms with Crippen LogP contribution < -0.4 is 4.74 Å². The Morgan fingerprint density at radius 2 is 2.21 bits per heavy atom. The van der Waals surface area contributed by atoms with Crippen molar-refractivity contribution in [2.24, 2.45) is 0 Å². The van der Waals surface area contributed by atoms with E-state index in [0.29, 0.717) is 18.0 Å². The molecule has 0 fully saturated rings. The molecule has 4 nitrogen and oxygen atoms in total. The van der Waals surface area contributed by atoms with Gasteiger partial charge in [-0.3, -0.25) is 0 Å². The van der Waals surface area contributed by atoms with Crippen molar-refractivity contribution >= 4 is 11.6 Å². The highest BCUT2D eigenvalue weighted by molar-refractivity contribution is 6.20. The number of rotatable bonds is 5. The normalized spacial score (nSPS) is 12.4. The van der Waals surface area contributed by atoms with E-state index in [-0.39, 0.29) is 11.1 Å². The van der Waals surface area contributed by atoms with E-state index in [4.69, 9.17) is 16.3 Å². The Balaban J connectivity index is 2.27. The first-order valence-electron chi connectivity index (χ1n) is 6.14. The molecule has 1 atom stereocenters. The molecule has 1 unspecified atom stereocenters. The van der Waals surface area contributed by atoms with Crippen LogP contribution in [0.5, 0.6) is 5.75 Å². The maximum atomic E-state index is 13.7. The molecule has 0 saturated heterocycles. The molecular weight excluding hydrogens is 269 g/mol. The predicted octanol–water partition coefficient (Wildman–Crippen LogP) is 3.50. The monoisotopic (exact) mass is 283 g/mol. The second-order valence-corrected chi connectivity index (χ2v) is 4.54. The van der Waals surface area contributed by atoms with Gasteiger partial charge in [0, 0.05) is 6.07 Å². The van der Waals surface area contributed by atoms with E-state index < -0.39 is 5.82 Å². The van der Waals surface area contributed by atoms with Gasteiger partial charge in [0.15, 0.2) is 11.6 Å². The fourth-order valence-corrected chi connectivity index (χ4v) is 1.76. The first-order chi connectivity index (χ1) is 9.15. The molecule has 0 N–H and O–H groups in total. The lowest BCUT2D eigenvalue weighted by Crippen LogP contribution is -1.99. The van der Waals surface area contributed by atoms with Crippen molar-refractivity contribution in [3.63, 3.8) is 0 Å². The summed E-state index contributed by atoms with van der Waals surface area (Å²) in [7, 11) is 0. The molecule has 0 aliphatic heterocycles. The van der Waals surface area contributed by atoms with Gasteiger partial charge >= 0.3 is 0 Å². The van der Waals surface area contributed by atoms with Gasteiger partial charge < -0.3 is 4.74 Å². The number of ether oxygens (including phenoxy) is 1. The molecule has 1 heterocycles. The zero-order valence-electron chi connectivity index (χ0n) is 10.8. The molecule has 6 heteroatoms. The Morgan fingerprint density at radius 3 is 2.84 bits per heavy atom. The lowest BCUT2D eigenvalue weighted by Gasteiger charge is -2.06. The molecule has 0 aliphatic carbocycles. The van der Waals surface area contributed by atoms with Crippen LogP contribution in [0.25, 0.3) is 5.69 Å². The van der Waals surface area contributed by atoms with Gasteiger partial charge in [0.1, 0.15) is 5.69 Å². The second-order valence-electron chi connectivity index (χ2n) is 4.01. The number of nitrogens with zero attached hydrogens (tertiary/aromatic N) is 3. The van der Waals surface area contributed by atoms with Gasteiger partial charge in [-0.1, -0.05) is 12.1 Å². The van der Waals surface area contributed by atoms with Crippen LogP contribution in [0.2, 0.25) is 0 Å². The Kier molecular flexibility index (Phi) is 4.37. The lowest BCUT2D eigenvalue weighted by atomic mass is 10.2. The zero-order chi connectivity index (χ0) is 13.8. The number of benzene rings is 1. The molecule has 0 aliphatic rings. The van der Waals surface area contributed by atoms with Crippen LogP contribution in [0.1, 0.15) is 31.3 Å². The summed E-state index contributed by atoms with van der Waals surface area (Å²) in [5, 5.41) is 7.75. The molecule has 0 saturated carbocycles. The molecule has 2 aromatic rings. The average molecular weight is 284 g/mol. The van der Waals surface area contributed by atoms with Crippen molar-refractivity contribution in [1.82, 2.24) is 15.0 Å². The highest BCUT2D eigenvalue weighted by Crippen LogP contribution is 2.23. The summed E-state index contributed by atoms with van der Waals surface area (Å²) >= 11 is 6.08. The minimum atomic E-state index is -0.422. The second kappa shape index (κ2) is 6.02. The highest BCUT2D eigenvalue weighted by Gasteiger charge is 2.12. The Labute approximate surface area is 116 Å². The van der Waals surface area contributed by atoms with Crippen LogP contribution in [-0.2, 0) is 0 Å². The van der Waals surface area contributed by atoms with Crippen molar-refractivity contribution in [3.05, 3.63) is 35.9 Å². The Bertz CT molecular complexity index is 559. The lowest BCUT2D eigenvalue weighted by molar-refractivity contribution is 0.321. The van der Waals surface area contributed by atoms with Gasteiger partial charge in [0.25, 0.3) is 0 Å². The quantitative estimate of drug-likeness (QED) is 0.789. The summed E-state index contributed by atoms with van der Waals surface area (Å²) in [5.74, 6) is -0.190. The average Bonchev–Trinajstić information content (AvgIpc) is 2.90. The third-order valence-corrected chi connectivity index (χ3v) is 3.20. The van der Waals surface area contributed by atoms with E-state index in [2.05, 4.69) is 10.3 Å². The Hall–Kier alpha value is -1.62. The van der Waals surface area contributed by atoms with Gasteiger partial charge in [-0.2, -0.15) is 0 Å². The minimum Gasteiger partial charge on any atom is -0.491 e. The SMILES string of the molecule is CCOc1ccc(-n2cc(C(Cl)CC)nn2)cc1F. The molecular formula is C13H15ClFN3O. The number of hydrogen-bond acceptors (Lipinski definition) is 3. The number of alkyl halides is 1. The maximum absolute atomic E-state index is 13.7. The van der Waals surface area contributed by atoms with Crippen molar-refractivity contribution < 1.29 is 9.13 Å². The van der Waals surface area contributed by atoms with Crippen LogP contribution in [0.15, 0.2) is 24.4 Å². The number of halogens is 2. The van der Waals surface area contributed by atoms with Crippen molar-refractivity contribution in [2.45, 2.75) is 25.6 Å². The summed E-state index contributed by atoms with van der Waals surface area (Å²) in [6.45, 7) is 4.20. The zero-order valence-corrected chi connectivity index (χ0v) is 11.6. The largest absolute Gasteiger partial charge is 0.491 e. The van der Waals surface area contributed by atoms with Gasteiger partial charge in [-0.05, 0) is 25.5 Å². The maximum Gasteiger partial charge on any atom is 0.167 e. The molecule has 0 radical (unpaired) electrons. The third kappa shape index (κ3) is 3.04. The first kappa shape index (κ1) is 13.8. The van der Waals surface area contributed by atoms with E-state index in [1.165, 1.54) is 10.7 Å². The standard InChI is InChI=1S/C13H15ClFN3O/c1-3-10(14)12-8-18(17-16-12)9-5-6-13(19-4-2)11(15)7-9/h5-8,10H,3-4H2,1-2H3. The third-order valence-electron chi connectivity index (χ3n) is 2.67. The van der Waals surface area contributed by atoms with Gasteiger partial charge in [-0.15, -0.1) is 16.7 Å². The molecule has 1 aromatic carbocycles. The predicted molar refractivity (Wildman–Crippen MR) is 71.4 cm³/mol. The van der Waals surface area contributed by atoms with Crippen LogP contribution in [0.3, 0.4) is 0 Å². The molecule has 1 aromatic heterocycles. The van der Waals surface area contributed by atoms with E-state index in [9.17, 15) is 4.39 Å². The molecule has 0 spiro atoms. The van der Waals surface area contributed by atoms with E-state index in [1.54, 1.807) is 18.3 Å². The topological polar surface area (TPSA) is 39.9 Å². The highest BCUT2D eigenvalue weighted by atomic mass is 35.5. The molecule has 0 amide bonds. The van der Waals surface area contributed by atoms with Crippen molar-refractivity contribution in [3.8, 4) is 11.4 Å². The van der Waals surface area contributed by atoms with Crippen LogP contribution >= 0.6 is 11.6 Å². The van der Waals surface area contributed by atoms with Gasteiger partial charge in [-0.25, -0.2) is 9.07 Å². The van der Waals surface area contributed by atoms with Crippen molar-refractivity contribution in [1.29, 1.82) is 0 Å². The summed E-state index contributed by atoms with van der Waals surface area (Å²) < 4.78 is 20.4. The smallest absolute Gasteiger partial charge is 0.167 e. The van der Waals surface area contributed by atoms with Gasteiger partial charge in [0.2, 0.25) is 0 Å². The fourth-order valence-electron chi connectivity index (χ4n) is 1.66. The summed E-state index contributed by atoms with van der Waals surface area (Å²) in [6.07, 6.45) is 2.47. The first-order valence-corrected chi connectivity index (χ1v) is 6.58. The van der Waals surface area contributed by atoms with Crippen LogP contribution in [-0.4, -0.2) is 21.6 Å². The summed E-state index contributed by atoms with van der Waals surface area (Å²) in [5.41, 5.74) is 1.26. The molecule has 102 valence electrons. The number of hydrogen-bond donors (Lipinski definition) is 0. The fraction of sp³-hybridized carbons (Fsp3) is 0.385. The van der Waals surface area contributed by atoms with Crippen LogP contribution in [0, 0.1) is 5.82 Å². The van der Waals surface area contributed by atoms with Gasteiger partial charge in [0.05, 0.1) is 23.9 Å². The van der Waals surface area contributed by atoms with E-state index in [0.717, 1.165) is 6.42 Å².